The highest BCUT2D eigenvalue weighted by atomic mass is 16.4. The van der Waals surface area contributed by atoms with Gasteiger partial charge in [0.15, 0.2) is 0 Å². The zero-order valence-electron chi connectivity index (χ0n) is 8.16. The van der Waals surface area contributed by atoms with Gasteiger partial charge in [-0.25, -0.2) is 4.79 Å². The van der Waals surface area contributed by atoms with Crippen LogP contribution in [0.3, 0.4) is 0 Å². The number of rotatable bonds is 3. The molecule has 0 saturated heterocycles. The molecule has 0 unspecified atom stereocenters. The maximum Gasteiger partial charge on any atom is 0.337 e. The van der Waals surface area contributed by atoms with Crippen molar-refractivity contribution >= 4 is 5.97 Å². The summed E-state index contributed by atoms with van der Waals surface area (Å²) in [5.74, 6) is -0.923. The highest BCUT2D eigenvalue weighted by Gasteiger charge is 2.05. The molecule has 2 aromatic rings. The fourth-order valence-corrected chi connectivity index (χ4v) is 1.32. The number of aromatic carboxylic acids is 1. The Morgan fingerprint density at radius 3 is 2.87 bits per heavy atom. The maximum atomic E-state index is 10.6. The number of hydrogen-bond acceptors (Lipinski definition) is 3. The van der Waals surface area contributed by atoms with E-state index in [9.17, 15) is 4.79 Å². The Bertz CT molecular complexity index is 486. The first kappa shape index (κ1) is 9.45. The molecular formula is C9H10N4O2. The lowest BCUT2D eigenvalue weighted by atomic mass is 10.4. The molecule has 2 rings (SSSR count). The van der Waals surface area contributed by atoms with Gasteiger partial charge in [-0.15, -0.1) is 5.10 Å². The number of carboxylic acid groups (broad SMARTS) is 1. The first-order valence-corrected chi connectivity index (χ1v) is 4.39. The number of carbonyl (C=O) groups is 1. The Hall–Kier alpha value is -2.11. The minimum Gasteiger partial charge on any atom is -0.478 e. The van der Waals surface area contributed by atoms with Gasteiger partial charge in [0.2, 0.25) is 0 Å². The topological polar surface area (TPSA) is 72.9 Å². The molecule has 0 amide bonds. The summed E-state index contributed by atoms with van der Waals surface area (Å²) in [5.41, 5.74) is 1.07. The predicted octanol–water partition coefficient (Wildman–Crippen LogP) is 0.363. The Labute approximate surface area is 85.8 Å². The van der Waals surface area contributed by atoms with Crippen molar-refractivity contribution in [3.05, 3.63) is 35.9 Å². The van der Waals surface area contributed by atoms with Crippen molar-refractivity contribution in [3.8, 4) is 0 Å². The first-order chi connectivity index (χ1) is 7.15. The van der Waals surface area contributed by atoms with E-state index in [1.54, 1.807) is 41.0 Å². The molecular weight excluding hydrogens is 196 g/mol. The third-order valence-corrected chi connectivity index (χ3v) is 1.99. The van der Waals surface area contributed by atoms with Crippen LogP contribution in [0.25, 0.3) is 0 Å². The van der Waals surface area contributed by atoms with Crippen LogP contribution in [0.1, 0.15) is 16.1 Å². The predicted molar refractivity (Wildman–Crippen MR) is 51.5 cm³/mol. The molecule has 6 nitrogen and oxygen atoms in total. The van der Waals surface area contributed by atoms with Crippen LogP contribution in [-0.4, -0.2) is 30.6 Å². The summed E-state index contributed by atoms with van der Waals surface area (Å²) in [5, 5.41) is 16.4. The molecule has 0 aromatic carbocycles. The molecule has 0 aliphatic carbocycles. The van der Waals surface area contributed by atoms with Crippen LogP contribution in [0, 0.1) is 0 Å². The zero-order chi connectivity index (χ0) is 10.8. The van der Waals surface area contributed by atoms with E-state index in [0.29, 0.717) is 6.54 Å². The van der Waals surface area contributed by atoms with Gasteiger partial charge in [0.05, 0.1) is 12.1 Å². The van der Waals surface area contributed by atoms with Crippen LogP contribution in [-0.2, 0) is 13.6 Å². The molecule has 0 radical (unpaired) electrons. The van der Waals surface area contributed by atoms with Crippen LogP contribution in [0.5, 0.6) is 0 Å². The van der Waals surface area contributed by atoms with Gasteiger partial charge >= 0.3 is 5.97 Å². The van der Waals surface area contributed by atoms with Crippen molar-refractivity contribution < 1.29 is 9.90 Å². The molecule has 2 aromatic heterocycles. The second-order valence-corrected chi connectivity index (χ2v) is 3.26. The van der Waals surface area contributed by atoms with Gasteiger partial charge in [-0.05, 0) is 6.07 Å². The van der Waals surface area contributed by atoms with E-state index in [0.717, 1.165) is 5.69 Å². The Kier molecular flexibility index (Phi) is 2.24. The van der Waals surface area contributed by atoms with Crippen molar-refractivity contribution in [3.63, 3.8) is 0 Å². The number of hydrogen-bond donors (Lipinski definition) is 1. The third-order valence-electron chi connectivity index (χ3n) is 1.99. The van der Waals surface area contributed by atoms with E-state index >= 15 is 0 Å². The summed E-state index contributed by atoms with van der Waals surface area (Å²) in [6.45, 7) is 0.529. The number of nitrogens with zero attached hydrogens (tertiary/aromatic N) is 4. The summed E-state index contributed by atoms with van der Waals surface area (Å²) in [7, 11) is 1.79. The summed E-state index contributed by atoms with van der Waals surface area (Å²) in [4.78, 5) is 10.6. The summed E-state index contributed by atoms with van der Waals surface area (Å²) >= 11 is 0. The molecule has 1 N–H and O–H groups in total. The highest BCUT2D eigenvalue weighted by molar-refractivity contribution is 5.87. The standard InChI is InChI=1S/C9H10N4O2/c1-12-5-8(10-11-12)6-13-3-2-7(4-13)9(14)15/h2-5H,6H2,1H3,(H,14,15). The average Bonchev–Trinajstić information content (AvgIpc) is 2.76. The van der Waals surface area contributed by atoms with E-state index in [1.807, 2.05) is 0 Å². The van der Waals surface area contributed by atoms with Gasteiger partial charge in [-0.1, -0.05) is 5.21 Å². The Morgan fingerprint density at radius 1 is 1.53 bits per heavy atom. The fourth-order valence-electron chi connectivity index (χ4n) is 1.32. The molecule has 6 heteroatoms. The van der Waals surface area contributed by atoms with Gasteiger partial charge in [0, 0.05) is 25.6 Å². The molecule has 15 heavy (non-hydrogen) atoms. The largest absolute Gasteiger partial charge is 0.478 e. The van der Waals surface area contributed by atoms with Gasteiger partial charge in [-0.3, -0.25) is 4.68 Å². The maximum absolute atomic E-state index is 10.6. The molecule has 0 atom stereocenters. The third kappa shape index (κ3) is 2.04. The molecule has 0 aliphatic heterocycles. The van der Waals surface area contributed by atoms with E-state index in [4.69, 9.17) is 5.11 Å². The normalized spacial score (nSPS) is 10.5. The molecule has 2 heterocycles. The number of carboxylic acids is 1. The average molecular weight is 206 g/mol. The minimum atomic E-state index is -0.923. The van der Waals surface area contributed by atoms with Gasteiger partial charge < -0.3 is 9.67 Å². The van der Waals surface area contributed by atoms with Crippen molar-refractivity contribution in [1.82, 2.24) is 19.6 Å². The second kappa shape index (κ2) is 3.56. The van der Waals surface area contributed by atoms with Crippen LogP contribution >= 0.6 is 0 Å². The van der Waals surface area contributed by atoms with E-state index in [2.05, 4.69) is 10.3 Å². The van der Waals surface area contributed by atoms with Crippen LogP contribution < -0.4 is 0 Å². The van der Waals surface area contributed by atoms with Gasteiger partial charge in [0.1, 0.15) is 5.69 Å². The zero-order valence-corrected chi connectivity index (χ0v) is 8.16. The van der Waals surface area contributed by atoms with Crippen LogP contribution in [0.2, 0.25) is 0 Å². The van der Waals surface area contributed by atoms with Crippen molar-refractivity contribution in [2.45, 2.75) is 6.54 Å². The molecule has 0 aliphatic rings. The first-order valence-electron chi connectivity index (χ1n) is 4.39. The Balaban J connectivity index is 2.14. The lowest BCUT2D eigenvalue weighted by Crippen LogP contribution is -1.98. The van der Waals surface area contributed by atoms with Crippen LogP contribution in [0.4, 0.5) is 0 Å². The monoisotopic (exact) mass is 206 g/mol. The van der Waals surface area contributed by atoms with Crippen molar-refractivity contribution in [2.24, 2.45) is 7.05 Å². The molecule has 78 valence electrons. The molecule has 0 fully saturated rings. The van der Waals surface area contributed by atoms with E-state index < -0.39 is 5.97 Å². The lowest BCUT2D eigenvalue weighted by Gasteiger charge is -1.96. The quantitative estimate of drug-likeness (QED) is 0.787. The fraction of sp³-hybridized carbons (Fsp3) is 0.222. The highest BCUT2D eigenvalue weighted by Crippen LogP contribution is 2.03. The van der Waals surface area contributed by atoms with Crippen molar-refractivity contribution in [1.29, 1.82) is 0 Å². The van der Waals surface area contributed by atoms with Gasteiger partial charge in [-0.2, -0.15) is 0 Å². The number of aromatic nitrogens is 4. The summed E-state index contributed by atoms with van der Waals surface area (Å²) in [6, 6.07) is 1.55. The Morgan fingerprint density at radius 2 is 2.33 bits per heavy atom. The second-order valence-electron chi connectivity index (χ2n) is 3.26. The summed E-state index contributed by atoms with van der Waals surface area (Å²) < 4.78 is 3.37. The minimum absolute atomic E-state index is 0.277. The molecule has 0 saturated carbocycles. The SMILES string of the molecule is Cn1cc(Cn2ccc(C(=O)O)c2)nn1. The van der Waals surface area contributed by atoms with E-state index in [-0.39, 0.29) is 5.56 Å². The molecule has 0 spiro atoms. The summed E-state index contributed by atoms with van der Waals surface area (Å²) in [6.07, 6.45) is 5.07. The van der Waals surface area contributed by atoms with Gasteiger partial charge in [0.25, 0.3) is 0 Å². The van der Waals surface area contributed by atoms with Crippen LogP contribution in [0.15, 0.2) is 24.7 Å². The lowest BCUT2D eigenvalue weighted by molar-refractivity contribution is 0.0697. The smallest absolute Gasteiger partial charge is 0.337 e. The van der Waals surface area contributed by atoms with E-state index in [1.165, 1.54) is 0 Å². The number of aryl methyl sites for hydroxylation is 1. The van der Waals surface area contributed by atoms with Crippen molar-refractivity contribution in [2.75, 3.05) is 0 Å². The molecule has 0 bridgehead atoms.